The van der Waals surface area contributed by atoms with Crippen LogP contribution in [0, 0.1) is 6.92 Å². The van der Waals surface area contributed by atoms with E-state index in [1.54, 1.807) is 0 Å². The number of nitrogens with two attached hydrogens (primary N) is 1. The second-order valence-corrected chi connectivity index (χ2v) is 8.07. The number of hydrogen-bond donors (Lipinski definition) is 2. The first-order valence-electron chi connectivity index (χ1n) is 10.8. The fourth-order valence-electron chi connectivity index (χ4n) is 3.33. The number of hydrogen-bond acceptors (Lipinski definition) is 6. The summed E-state index contributed by atoms with van der Waals surface area (Å²) in [5, 5.41) is -0.115. The molecular weight excluding hydrogens is 545 g/mol. The quantitative estimate of drug-likeness (QED) is 0.320. The lowest BCUT2D eigenvalue weighted by Crippen LogP contribution is -2.37. The Labute approximate surface area is 226 Å². The van der Waals surface area contributed by atoms with Crippen LogP contribution < -0.4 is 25.3 Å². The maximum Gasteiger partial charge on any atom is 0.573 e. The van der Waals surface area contributed by atoms with Gasteiger partial charge in [0.1, 0.15) is 40.7 Å². The molecule has 2 aromatic carbocycles. The molecule has 0 aliphatic carbocycles. The van der Waals surface area contributed by atoms with E-state index in [9.17, 15) is 35.9 Å². The molecule has 0 saturated heterocycles. The number of benzene rings is 2. The van der Waals surface area contributed by atoms with E-state index >= 15 is 0 Å². The molecule has 0 bridgehead atoms. The average Bonchev–Trinajstić information content (AvgIpc) is 2.78. The summed E-state index contributed by atoms with van der Waals surface area (Å²) in [5.74, 6) is -4.28. The number of rotatable bonds is 8. The molecule has 3 rings (SSSR count). The van der Waals surface area contributed by atoms with Gasteiger partial charge in [-0.05, 0) is 54.2 Å². The number of nitrogens with zero attached hydrogens (tertiary/aromatic N) is 1. The van der Waals surface area contributed by atoms with E-state index < -0.39 is 69.3 Å². The smallest absolute Gasteiger partial charge is 0.512 e. The van der Waals surface area contributed by atoms with Crippen LogP contribution in [0.4, 0.5) is 32.0 Å². The maximum absolute atomic E-state index is 13.6. The first-order chi connectivity index (χ1) is 18.3. The van der Waals surface area contributed by atoms with Crippen molar-refractivity contribution in [3.05, 3.63) is 71.0 Å². The van der Waals surface area contributed by atoms with Gasteiger partial charge >= 0.3 is 12.5 Å². The van der Waals surface area contributed by atoms with E-state index in [0.717, 1.165) is 31.3 Å². The molecule has 6 radical (unpaired) electrons. The van der Waals surface area contributed by atoms with E-state index in [2.05, 4.69) is 15.0 Å². The third kappa shape index (κ3) is 7.86. The van der Waals surface area contributed by atoms with Crippen molar-refractivity contribution in [2.45, 2.75) is 24.8 Å². The van der Waals surface area contributed by atoms with Crippen LogP contribution in [-0.2, 0) is 6.18 Å². The van der Waals surface area contributed by atoms with E-state index in [0.29, 0.717) is 12.1 Å². The predicted molar refractivity (Wildman–Crippen MR) is 131 cm³/mol. The number of anilines is 1. The van der Waals surface area contributed by atoms with Crippen LogP contribution in [-0.4, -0.2) is 52.0 Å². The third-order valence-corrected chi connectivity index (χ3v) is 4.89. The zero-order valence-electron chi connectivity index (χ0n) is 20.2. The van der Waals surface area contributed by atoms with Gasteiger partial charge in [-0.2, -0.15) is 13.2 Å². The summed E-state index contributed by atoms with van der Waals surface area (Å²) in [4.78, 5) is 28.1. The first-order valence-corrected chi connectivity index (χ1v) is 10.8. The van der Waals surface area contributed by atoms with E-state index in [1.807, 2.05) is 0 Å². The lowest BCUT2D eigenvalue weighted by atomic mass is 9.52. The fourth-order valence-corrected chi connectivity index (χ4v) is 3.33. The second kappa shape index (κ2) is 11.1. The second-order valence-electron chi connectivity index (χ2n) is 8.07. The molecule has 8 nitrogen and oxygen atoms in total. The Morgan fingerprint density at radius 2 is 1.55 bits per heavy atom. The third-order valence-electron chi connectivity index (χ3n) is 4.89. The first kappa shape index (κ1) is 30.2. The van der Waals surface area contributed by atoms with Crippen LogP contribution in [0.1, 0.15) is 32.0 Å². The van der Waals surface area contributed by atoms with Gasteiger partial charge in [-0.3, -0.25) is 9.59 Å². The molecule has 1 heterocycles. The normalized spacial score (nSPS) is 12.0. The van der Waals surface area contributed by atoms with Crippen molar-refractivity contribution >= 4 is 41.0 Å². The highest BCUT2D eigenvalue weighted by molar-refractivity contribution is 6.58. The number of nitrogens with one attached hydrogen (secondary N) is 1. The average molecular weight is 559 g/mol. The Balaban J connectivity index is 2.08. The largest absolute Gasteiger partial charge is 0.573 e. The lowest BCUT2D eigenvalue weighted by molar-refractivity contribution is -0.274. The Kier molecular flexibility index (Phi) is 8.36. The van der Waals surface area contributed by atoms with Crippen LogP contribution in [0.5, 0.6) is 23.0 Å². The summed E-state index contributed by atoms with van der Waals surface area (Å²) in [5.41, 5.74) is 2.59. The van der Waals surface area contributed by atoms with Crippen molar-refractivity contribution < 1.29 is 50.1 Å². The summed E-state index contributed by atoms with van der Waals surface area (Å²) < 4.78 is 93.4. The summed E-state index contributed by atoms with van der Waals surface area (Å²) >= 11 is 0. The van der Waals surface area contributed by atoms with Gasteiger partial charge in [0.2, 0.25) is 0 Å². The van der Waals surface area contributed by atoms with Crippen LogP contribution >= 0.6 is 0 Å². The van der Waals surface area contributed by atoms with E-state index in [-0.39, 0.29) is 11.4 Å². The van der Waals surface area contributed by atoms with Gasteiger partial charge < -0.3 is 25.3 Å². The summed E-state index contributed by atoms with van der Waals surface area (Å²) in [6.07, 6.45) is -8.92. The topological polar surface area (TPSA) is 113 Å². The van der Waals surface area contributed by atoms with Crippen LogP contribution in [0.25, 0.3) is 0 Å². The monoisotopic (exact) mass is 559 g/mol. The Hall–Kier alpha value is -4.30. The minimum absolute atomic E-state index is 0.0189. The Morgan fingerprint density at radius 1 is 0.900 bits per heavy atom. The van der Waals surface area contributed by atoms with Crippen molar-refractivity contribution in [3.8, 4) is 23.0 Å². The molecule has 2 amide bonds. The number of aromatic nitrogens is 1. The molecule has 0 fully saturated rings. The summed E-state index contributed by atoms with van der Waals surface area (Å²) in [7, 11) is 16.1. The molecule has 0 aliphatic heterocycles. The molecule has 0 aliphatic rings. The van der Waals surface area contributed by atoms with Crippen molar-refractivity contribution in [1.82, 2.24) is 4.98 Å². The maximum atomic E-state index is 13.6. The van der Waals surface area contributed by atoms with Crippen molar-refractivity contribution in [1.29, 1.82) is 0 Å². The Morgan fingerprint density at radius 3 is 2.08 bits per heavy atom. The molecule has 0 atom stereocenters. The minimum Gasteiger partial charge on any atom is -0.512 e. The molecule has 202 valence electrons. The molecule has 40 heavy (non-hydrogen) atoms. The van der Waals surface area contributed by atoms with Crippen LogP contribution in [0.3, 0.4) is 0 Å². The molecular formula is C23H14B3F6N3O5. The number of primary amides is 1. The summed E-state index contributed by atoms with van der Waals surface area (Å²) in [6.45, 7) is 1.00. The van der Waals surface area contributed by atoms with Crippen molar-refractivity contribution in [3.63, 3.8) is 0 Å². The van der Waals surface area contributed by atoms with Gasteiger partial charge in [0.05, 0.1) is 23.0 Å². The number of ether oxygens (including phenoxy) is 3. The highest BCUT2D eigenvalue weighted by atomic mass is 19.4. The SMILES string of the molecule is [B]C([B])([B])Oc1cc(OC(F)(F)F)ccc1Oc1ccc(C(F)(F)F)c(C)c1C(=O)Nc1ccc(C(N)=O)nc1. The van der Waals surface area contributed by atoms with Gasteiger partial charge in [-0.15, -0.1) is 13.2 Å². The lowest BCUT2D eigenvalue weighted by Gasteiger charge is -2.26. The van der Waals surface area contributed by atoms with Gasteiger partial charge in [0.25, 0.3) is 11.8 Å². The predicted octanol–water partition coefficient (Wildman–Crippen LogP) is 3.95. The van der Waals surface area contributed by atoms with Gasteiger partial charge in [-0.1, -0.05) is 0 Å². The number of carbonyl (C=O) groups excluding carboxylic acids is 2. The zero-order valence-corrected chi connectivity index (χ0v) is 20.2. The van der Waals surface area contributed by atoms with Gasteiger partial charge in [0.15, 0.2) is 11.5 Å². The van der Waals surface area contributed by atoms with Crippen molar-refractivity contribution in [2.75, 3.05) is 5.32 Å². The standard InChI is InChI=1S/C23H14B3F6N3O5/c1-10-13(21(27,28)29)4-7-16(18(10)20(37)35-11-2-5-14(19(33)36)34-9-11)38-15-6-3-12(39-23(30,31)32)8-17(15)40-22(24,25)26/h2-9H,1H3,(H2,33,36)(H,35,37). The summed E-state index contributed by atoms with van der Waals surface area (Å²) in [6, 6.07) is 6.18. The zero-order chi connectivity index (χ0) is 30.0. The van der Waals surface area contributed by atoms with Gasteiger partial charge in [0, 0.05) is 6.07 Å². The van der Waals surface area contributed by atoms with E-state index in [1.165, 1.54) is 12.1 Å². The number of halogens is 6. The number of amides is 2. The van der Waals surface area contributed by atoms with Crippen LogP contribution in [0.2, 0.25) is 0 Å². The molecule has 3 aromatic rings. The molecule has 1 aromatic heterocycles. The highest BCUT2D eigenvalue weighted by Gasteiger charge is 2.36. The highest BCUT2D eigenvalue weighted by Crippen LogP contribution is 2.41. The van der Waals surface area contributed by atoms with Crippen LogP contribution in [0.15, 0.2) is 48.7 Å². The number of carbonyl (C=O) groups is 2. The molecule has 17 heteroatoms. The Bertz CT molecular complexity index is 1430. The van der Waals surface area contributed by atoms with E-state index in [4.69, 9.17) is 38.7 Å². The number of alkyl halides is 6. The molecule has 0 spiro atoms. The van der Waals surface area contributed by atoms with Gasteiger partial charge in [-0.25, -0.2) is 4.98 Å². The fraction of sp³-hybridized carbons (Fsp3) is 0.174. The molecule has 3 N–H and O–H groups in total. The minimum atomic E-state index is -5.09. The molecule has 0 unspecified atom stereocenters. The molecule has 0 saturated carbocycles. The van der Waals surface area contributed by atoms with Crippen molar-refractivity contribution in [2.24, 2.45) is 5.73 Å². The number of pyridine rings is 1.